The highest BCUT2D eigenvalue weighted by Crippen LogP contribution is 2.41. The maximum atomic E-state index is 2.64. The van der Waals surface area contributed by atoms with Gasteiger partial charge in [-0.1, -0.05) is 151 Å². The number of hydrogen-bond acceptors (Lipinski definition) is 0. The number of unbranched alkanes of at least 4 members (excludes halogenated alkanes) is 2. The molecule has 0 aliphatic heterocycles. The summed E-state index contributed by atoms with van der Waals surface area (Å²) in [6, 6.07) is 64.5. The number of hydrogen-bond donors (Lipinski definition) is 0. The molecule has 4 aromatic heterocycles. The fourth-order valence-electron chi connectivity index (χ4n) is 12.0. The highest BCUT2D eigenvalue weighted by Gasteiger charge is 2.21. The minimum absolute atomic E-state index is 0.631. The van der Waals surface area contributed by atoms with Crippen LogP contribution < -0.4 is 0 Å². The highest BCUT2D eigenvalue weighted by atomic mass is 15.0. The molecule has 2 unspecified atom stereocenters. The number of nitrogens with zero attached hydrogens (tertiary/aromatic N) is 4. The molecule has 0 spiro atoms. The lowest BCUT2D eigenvalue weighted by molar-refractivity contribution is 0.401. The fraction of sp³-hybridized carbons (Fsp3) is 0.250. The summed E-state index contributed by atoms with van der Waals surface area (Å²) in [5.41, 5.74) is 15.2. The second-order valence-corrected chi connectivity index (χ2v) is 19.7. The highest BCUT2D eigenvalue weighted by molar-refractivity contribution is 6.14. The lowest BCUT2D eigenvalue weighted by Crippen LogP contribution is -2.10. The van der Waals surface area contributed by atoms with Gasteiger partial charge in [0, 0.05) is 89.6 Å². The van der Waals surface area contributed by atoms with Crippen molar-refractivity contribution in [1.29, 1.82) is 0 Å². The predicted octanol–water partition coefficient (Wildman–Crippen LogP) is 18.2. The van der Waals surface area contributed by atoms with Crippen molar-refractivity contribution in [3.8, 4) is 22.5 Å². The third kappa shape index (κ3) is 6.94. The fourth-order valence-corrected chi connectivity index (χ4v) is 12.0. The maximum Gasteiger partial charge on any atom is 0.0541 e. The van der Waals surface area contributed by atoms with Crippen molar-refractivity contribution in [2.75, 3.05) is 0 Å². The van der Waals surface area contributed by atoms with Crippen molar-refractivity contribution >= 4 is 87.2 Å². The molecule has 338 valence electrons. The molecule has 4 heteroatoms. The van der Waals surface area contributed by atoms with Gasteiger partial charge in [-0.25, -0.2) is 0 Å². The topological polar surface area (TPSA) is 19.7 Å². The summed E-state index contributed by atoms with van der Waals surface area (Å²) in [4.78, 5) is 0. The second-order valence-electron chi connectivity index (χ2n) is 19.7. The van der Waals surface area contributed by atoms with Crippen LogP contribution in [0.1, 0.15) is 79.1 Å². The molecule has 0 radical (unpaired) electrons. The molecule has 0 saturated carbocycles. The first-order chi connectivity index (χ1) is 33.6. The average Bonchev–Trinajstić information content (AvgIpc) is 4.10. The number of benzene rings is 8. The van der Waals surface area contributed by atoms with Gasteiger partial charge in [0.1, 0.15) is 0 Å². The lowest BCUT2D eigenvalue weighted by Gasteiger charge is -2.18. The van der Waals surface area contributed by atoms with Gasteiger partial charge < -0.3 is 18.3 Å². The first-order valence-corrected chi connectivity index (χ1v) is 25.7. The summed E-state index contributed by atoms with van der Waals surface area (Å²) < 4.78 is 10.2. The van der Waals surface area contributed by atoms with E-state index in [2.05, 4.69) is 216 Å². The van der Waals surface area contributed by atoms with Crippen LogP contribution in [0, 0.1) is 11.8 Å². The van der Waals surface area contributed by atoms with Gasteiger partial charge in [-0.3, -0.25) is 0 Å². The molecule has 12 aromatic rings. The largest absolute Gasteiger partial charge is 0.340 e. The zero-order valence-electron chi connectivity index (χ0n) is 40.2. The van der Waals surface area contributed by atoms with E-state index in [1.807, 2.05) is 0 Å². The van der Waals surface area contributed by atoms with Crippen LogP contribution in [0.2, 0.25) is 0 Å². The number of aromatic nitrogens is 4. The summed E-state index contributed by atoms with van der Waals surface area (Å²) >= 11 is 0. The van der Waals surface area contributed by atoms with E-state index in [9.17, 15) is 0 Å². The molecule has 0 N–H and O–H groups in total. The van der Waals surface area contributed by atoms with E-state index in [1.54, 1.807) is 0 Å². The molecule has 4 heterocycles. The number of rotatable bonds is 15. The first kappa shape index (κ1) is 42.3. The Morgan fingerprint density at radius 1 is 0.324 bits per heavy atom. The van der Waals surface area contributed by atoms with Crippen LogP contribution in [0.25, 0.3) is 110 Å². The van der Waals surface area contributed by atoms with Crippen LogP contribution in [0.15, 0.2) is 170 Å². The van der Waals surface area contributed by atoms with Crippen molar-refractivity contribution in [2.45, 2.75) is 92.2 Å². The predicted molar refractivity (Wildman–Crippen MR) is 293 cm³/mol. The van der Waals surface area contributed by atoms with Crippen molar-refractivity contribution in [3.63, 3.8) is 0 Å². The summed E-state index contributed by atoms with van der Waals surface area (Å²) in [6.45, 7) is 11.4. The first-order valence-electron chi connectivity index (χ1n) is 25.7. The molecule has 4 nitrogen and oxygen atoms in total. The van der Waals surface area contributed by atoms with E-state index in [0.717, 1.165) is 13.1 Å². The third-order valence-corrected chi connectivity index (χ3v) is 15.7. The average molecular weight is 887 g/mol. The van der Waals surface area contributed by atoms with E-state index in [-0.39, 0.29) is 0 Å². The number of fused-ring (bicyclic) bond motifs is 12. The minimum Gasteiger partial charge on any atom is -0.340 e. The normalized spacial score (nSPS) is 13.2. The molecule has 0 amide bonds. The van der Waals surface area contributed by atoms with Gasteiger partial charge >= 0.3 is 0 Å². The zero-order valence-corrected chi connectivity index (χ0v) is 40.2. The van der Waals surface area contributed by atoms with E-state index >= 15 is 0 Å². The van der Waals surface area contributed by atoms with E-state index in [4.69, 9.17) is 0 Å². The van der Waals surface area contributed by atoms with Crippen LogP contribution in [0.5, 0.6) is 0 Å². The molecule has 0 aliphatic carbocycles. The minimum atomic E-state index is 0.631. The Morgan fingerprint density at radius 2 is 0.647 bits per heavy atom. The summed E-state index contributed by atoms with van der Waals surface area (Å²) in [5.74, 6) is 1.26. The van der Waals surface area contributed by atoms with Gasteiger partial charge in [0.15, 0.2) is 0 Å². The molecule has 0 fully saturated rings. The molecule has 68 heavy (non-hydrogen) atoms. The third-order valence-electron chi connectivity index (χ3n) is 15.7. The Balaban J connectivity index is 1.05. The van der Waals surface area contributed by atoms with Gasteiger partial charge in [-0.2, -0.15) is 0 Å². The van der Waals surface area contributed by atoms with E-state index in [0.29, 0.717) is 11.8 Å². The van der Waals surface area contributed by atoms with E-state index in [1.165, 1.54) is 161 Å². The van der Waals surface area contributed by atoms with Crippen LogP contribution in [0.4, 0.5) is 0 Å². The van der Waals surface area contributed by atoms with Gasteiger partial charge in [-0.05, 0) is 121 Å². The summed E-state index contributed by atoms with van der Waals surface area (Å²) in [7, 11) is 0. The second kappa shape index (κ2) is 17.6. The van der Waals surface area contributed by atoms with Crippen LogP contribution in [-0.2, 0) is 13.1 Å². The van der Waals surface area contributed by atoms with Crippen LogP contribution >= 0.6 is 0 Å². The molecule has 0 aliphatic rings. The Kier molecular flexibility index (Phi) is 10.9. The quantitative estimate of drug-likeness (QED) is 0.0977. The molecular weight excluding hydrogens is 825 g/mol. The zero-order chi connectivity index (χ0) is 45.9. The smallest absolute Gasteiger partial charge is 0.0541 e. The van der Waals surface area contributed by atoms with Gasteiger partial charge in [0.2, 0.25) is 0 Å². The van der Waals surface area contributed by atoms with Crippen molar-refractivity contribution in [3.05, 3.63) is 170 Å². The standard InChI is InChI=1S/C64H62N4/c1-5-9-19-43(7-3)41-65-57-33-29-45(37-53(57)55-39-47(31-35-59(55)65)67-61-25-15-11-21-49(61)50-22-12-16-26-62(50)67)46-30-34-58-54(38-46)56-40-48(32-36-60(56)66(58)42-44(8-4)20-10-6-2)68-63-27-17-13-23-51(63)52-24-14-18-28-64(52)68/h11-18,21-40,43-44H,5-10,19-20,41-42H2,1-4H3. The maximum absolute atomic E-state index is 2.64. The Bertz CT molecular complexity index is 3470. The van der Waals surface area contributed by atoms with E-state index < -0.39 is 0 Å². The van der Waals surface area contributed by atoms with Crippen molar-refractivity contribution < 1.29 is 0 Å². The van der Waals surface area contributed by atoms with Crippen molar-refractivity contribution in [1.82, 2.24) is 18.3 Å². The molecule has 2 atom stereocenters. The molecule has 0 bridgehead atoms. The molecule has 12 rings (SSSR count). The lowest BCUT2D eigenvalue weighted by atomic mass is 9.99. The SMILES string of the molecule is CCCCC(CC)Cn1c2ccc(-c3ccc4c(c3)c3cc(-n5c6ccccc6c6ccccc65)ccc3n4CC(CC)CCCC)cc2c2cc(-n3c4ccccc4c4ccccc43)ccc21. The Hall–Kier alpha value is -7.04. The van der Waals surface area contributed by atoms with Gasteiger partial charge in [0.05, 0.1) is 22.1 Å². The monoisotopic (exact) mass is 886 g/mol. The van der Waals surface area contributed by atoms with Crippen molar-refractivity contribution in [2.24, 2.45) is 11.8 Å². The number of para-hydroxylation sites is 4. The summed E-state index contributed by atoms with van der Waals surface area (Å²) in [5, 5.41) is 10.4. The Labute approximate surface area is 400 Å². The van der Waals surface area contributed by atoms with Gasteiger partial charge in [0.25, 0.3) is 0 Å². The van der Waals surface area contributed by atoms with Crippen LogP contribution in [-0.4, -0.2) is 18.3 Å². The summed E-state index contributed by atoms with van der Waals surface area (Å²) in [6.07, 6.45) is 9.90. The van der Waals surface area contributed by atoms with Crippen LogP contribution in [0.3, 0.4) is 0 Å². The van der Waals surface area contributed by atoms with Gasteiger partial charge in [-0.15, -0.1) is 0 Å². The Morgan fingerprint density at radius 3 is 0.985 bits per heavy atom. The molecule has 8 aromatic carbocycles. The molecular formula is C64H62N4. The molecule has 0 saturated heterocycles.